The molecule has 0 unspecified atom stereocenters. The molecule has 2 saturated heterocycles. The quantitative estimate of drug-likeness (QED) is 0.586. The number of hydrogen-bond donors (Lipinski definition) is 3. The lowest BCUT2D eigenvalue weighted by molar-refractivity contribution is -0.198. The Bertz CT molecular complexity index is 841. The van der Waals surface area contributed by atoms with Crippen molar-refractivity contribution >= 4 is 21.8 Å². The van der Waals surface area contributed by atoms with Crippen molar-refractivity contribution in [2.45, 2.75) is 56.3 Å². The second kappa shape index (κ2) is 8.10. The van der Waals surface area contributed by atoms with Crippen molar-refractivity contribution in [1.29, 1.82) is 0 Å². The van der Waals surface area contributed by atoms with Gasteiger partial charge in [0.25, 0.3) is 5.56 Å². The van der Waals surface area contributed by atoms with Gasteiger partial charge < -0.3 is 20.5 Å². The summed E-state index contributed by atoms with van der Waals surface area (Å²) in [5.74, 6) is 0.102. The number of amides is 1. The minimum atomic E-state index is -1.20. The van der Waals surface area contributed by atoms with Crippen LogP contribution in [0.25, 0.3) is 0 Å². The molecule has 1 aromatic rings. The predicted molar refractivity (Wildman–Crippen MR) is 106 cm³/mol. The molecule has 156 valence electrons. The monoisotopic (exact) mass is 458 g/mol. The van der Waals surface area contributed by atoms with Crippen LogP contribution in [0, 0.1) is 0 Å². The number of hydrogen-bond acceptors (Lipinski definition) is 6. The van der Waals surface area contributed by atoms with Gasteiger partial charge in [0.2, 0.25) is 5.91 Å². The van der Waals surface area contributed by atoms with Crippen LogP contribution in [0.15, 0.2) is 20.3 Å². The van der Waals surface area contributed by atoms with E-state index in [1.807, 2.05) is 4.90 Å². The van der Waals surface area contributed by atoms with Gasteiger partial charge in [0.15, 0.2) is 0 Å². The van der Waals surface area contributed by atoms with Gasteiger partial charge in [-0.15, -0.1) is 0 Å². The van der Waals surface area contributed by atoms with Crippen LogP contribution in [-0.2, 0) is 9.53 Å². The van der Waals surface area contributed by atoms with Gasteiger partial charge in [-0.3, -0.25) is 19.1 Å². The van der Waals surface area contributed by atoms with Gasteiger partial charge in [0.1, 0.15) is 0 Å². The molecule has 1 spiro atoms. The number of nitrogens with one attached hydrogen (secondary N) is 1. The van der Waals surface area contributed by atoms with E-state index in [2.05, 4.69) is 20.9 Å². The Morgan fingerprint density at radius 2 is 2.11 bits per heavy atom. The van der Waals surface area contributed by atoms with Crippen molar-refractivity contribution in [2.75, 3.05) is 26.2 Å². The summed E-state index contributed by atoms with van der Waals surface area (Å²) in [4.78, 5) is 40.1. The van der Waals surface area contributed by atoms with Gasteiger partial charge in [-0.1, -0.05) is 0 Å². The van der Waals surface area contributed by atoms with E-state index in [0.717, 1.165) is 0 Å². The Labute approximate surface area is 171 Å². The molecule has 1 amide bonds. The first-order valence-corrected chi connectivity index (χ1v) is 10.3. The summed E-state index contributed by atoms with van der Waals surface area (Å²) in [6.07, 6.45) is 4.13. The van der Waals surface area contributed by atoms with E-state index in [1.54, 1.807) is 6.92 Å². The van der Waals surface area contributed by atoms with E-state index in [-0.39, 0.29) is 17.0 Å². The number of piperidine rings is 1. The Hall–Kier alpha value is -1.49. The van der Waals surface area contributed by atoms with Gasteiger partial charge in [-0.2, -0.15) is 0 Å². The number of ether oxygens (including phenoxy) is 1. The van der Waals surface area contributed by atoms with Crippen LogP contribution in [0.5, 0.6) is 0 Å². The fourth-order valence-corrected chi connectivity index (χ4v) is 4.54. The Morgan fingerprint density at radius 1 is 1.43 bits per heavy atom. The van der Waals surface area contributed by atoms with E-state index < -0.39 is 28.5 Å². The van der Waals surface area contributed by atoms with Gasteiger partial charge >= 0.3 is 5.69 Å². The third kappa shape index (κ3) is 4.24. The lowest BCUT2D eigenvalue weighted by Crippen LogP contribution is -2.59. The zero-order valence-corrected chi connectivity index (χ0v) is 17.5. The van der Waals surface area contributed by atoms with Crippen LogP contribution in [0.1, 0.15) is 45.1 Å². The molecule has 1 aromatic heterocycles. The zero-order valence-electron chi connectivity index (χ0n) is 15.9. The summed E-state index contributed by atoms with van der Waals surface area (Å²) in [5.41, 5.74) is 2.65. The summed E-state index contributed by atoms with van der Waals surface area (Å²) < 4.78 is 7.68. The molecule has 0 saturated carbocycles. The fraction of sp³-hybridized carbons (Fsp3) is 0.722. The standard InChI is InChI=1S/C18H27BrN4O5/c1-17(27)11-18(4-7-22(8-5-18)14(24)3-2-6-20)28-10-13(17)23-9-12(19)15(25)21-16(23)26/h9,13,27H,2-8,10-11,20H2,1H3,(H,21,25,26)/t13-,17-/m0/s1. The van der Waals surface area contributed by atoms with E-state index in [0.29, 0.717) is 51.7 Å². The molecule has 2 aliphatic heterocycles. The highest BCUT2D eigenvalue weighted by atomic mass is 79.9. The summed E-state index contributed by atoms with van der Waals surface area (Å²) in [6.45, 7) is 3.48. The van der Waals surface area contributed by atoms with E-state index in [4.69, 9.17) is 10.5 Å². The normalized spacial score (nSPS) is 27.1. The number of H-pyrrole nitrogens is 1. The predicted octanol–water partition coefficient (Wildman–Crippen LogP) is 0.112. The average Bonchev–Trinajstić information content (AvgIpc) is 2.63. The van der Waals surface area contributed by atoms with Crippen molar-refractivity contribution in [3.63, 3.8) is 0 Å². The smallest absolute Gasteiger partial charge is 0.328 e. The SMILES string of the molecule is C[C@]1(O)CC2(CCN(C(=O)CCCN)CC2)OC[C@@H]1n1cc(Br)c(=O)[nH]c1=O. The Balaban J connectivity index is 1.71. The molecule has 0 aliphatic carbocycles. The highest BCUT2D eigenvalue weighted by Gasteiger charge is 2.50. The molecule has 3 rings (SSSR count). The average molecular weight is 459 g/mol. The number of halogens is 1. The number of carbonyl (C=O) groups is 1. The molecule has 28 heavy (non-hydrogen) atoms. The number of nitrogens with two attached hydrogens (primary N) is 1. The summed E-state index contributed by atoms with van der Waals surface area (Å²) in [5, 5.41) is 11.1. The molecule has 2 atom stereocenters. The van der Waals surface area contributed by atoms with Crippen LogP contribution in [0.3, 0.4) is 0 Å². The molecule has 3 heterocycles. The number of aromatic amines is 1. The molecular weight excluding hydrogens is 432 g/mol. The molecule has 0 aromatic carbocycles. The summed E-state index contributed by atoms with van der Waals surface area (Å²) >= 11 is 3.12. The van der Waals surface area contributed by atoms with Crippen molar-refractivity contribution in [3.05, 3.63) is 31.5 Å². The molecule has 2 fully saturated rings. The van der Waals surface area contributed by atoms with Crippen molar-refractivity contribution in [2.24, 2.45) is 5.73 Å². The Morgan fingerprint density at radius 3 is 2.71 bits per heavy atom. The number of carbonyl (C=O) groups excluding carboxylic acids is 1. The van der Waals surface area contributed by atoms with Gasteiger partial charge in [-0.05, 0) is 48.7 Å². The highest BCUT2D eigenvalue weighted by molar-refractivity contribution is 9.10. The maximum absolute atomic E-state index is 12.2. The highest BCUT2D eigenvalue weighted by Crippen LogP contribution is 2.43. The minimum Gasteiger partial charge on any atom is -0.388 e. The topological polar surface area (TPSA) is 131 Å². The third-order valence-electron chi connectivity index (χ3n) is 5.83. The van der Waals surface area contributed by atoms with Crippen LogP contribution < -0.4 is 17.0 Å². The maximum atomic E-state index is 12.2. The van der Waals surface area contributed by atoms with Crippen LogP contribution in [0.2, 0.25) is 0 Å². The lowest BCUT2D eigenvalue weighted by Gasteiger charge is -2.51. The second-order valence-electron chi connectivity index (χ2n) is 7.96. The zero-order chi connectivity index (χ0) is 20.5. The van der Waals surface area contributed by atoms with Gasteiger partial charge in [0.05, 0.1) is 28.3 Å². The number of nitrogens with zero attached hydrogens (tertiary/aromatic N) is 2. The number of aromatic nitrogens is 2. The van der Waals surface area contributed by atoms with E-state index >= 15 is 0 Å². The Kier molecular flexibility index (Phi) is 6.14. The molecule has 2 aliphatic rings. The first kappa shape index (κ1) is 21.2. The van der Waals surface area contributed by atoms with Crippen molar-refractivity contribution in [3.8, 4) is 0 Å². The van der Waals surface area contributed by atoms with Crippen molar-refractivity contribution < 1.29 is 14.6 Å². The number of rotatable bonds is 4. The van der Waals surface area contributed by atoms with E-state index in [1.165, 1.54) is 10.8 Å². The maximum Gasteiger partial charge on any atom is 0.328 e. The molecule has 0 radical (unpaired) electrons. The molecule has 10 heteroatoms. The van der Waals surface area contributed by atoms with E-state index in [9.17, 15) is 19.5 Å². The molecule has 9 nitrogen and oxygen atoms in total. The fourth-order valence-electron chi connectivity index (χ4n) is 4.22. The first-order valence-electron chi connectivity index (χ1n) is 9.53. The van der Waals surface area contributed by atoms with Crippen LogP contribution in [-0.4, -0.2) is 62.9 Å². The second-order valence-corrected chi connectivity index (χ2v) is 8.81. The number of aliphatic hydroxyl groups is 1. The first-order chi connectivity index (χ1) is 13.2. The van der Waals surface area contributed by atoms with Crippen LogP contribution >= 0.6 is 15.9 Å². The van der Waals surface area contributed by atoms with Gasteiger partial charge in [0, 0.05) is 32.1 Å². The number of likely N-dealkylation sites (tertiary alicyclic amines) is 1. The molecular formula is C18H27BrN4O5. The lowest BCUT2D eigenvalue weighted by atomic mass is 9.75. The van der Waals surface area contributed by atoms with Gasteiger partial charge in [-0.25, -0.2) is 4.79 Å². The summed E-state index contributed by atoms with van der Waals surface area (Å²) in [7, 11) is 0. The largest absolute Gasteiger partial charge is 0.388 e. The minimum absolute atomic E-state index is 0.102. The third-order valence-corrected chi connectivity index (χ3v) is 6.39. The summed E-state index contributed by atoms with van der Waals surface area (Å²) in [6, 6.07) is -0.622. The van der Waals surface area contributed by atoms with Crippen LogP contribution in [0.4, 0.5) is 0 Å². The molecule has 4 N–H and O–H groups in total. The van der Waals surface area contributed by atoms with Crippen molar-refractivity contribution in [1.82, 2.24) is 14.5 Å². The molecule has 0 bridgehead atoms.